The van der Waals surface area contributed by atoms with Gasteiger partial charge in [-0.2, -0.15) is 0 Å². The Morgan fingerprint density at radius 2 is 2.14 bits per heavy atom. The Morgan fingerprint density at radius 3 is 2.76 bits per heavy atom. The molecule has 114 valence electrons. The Labute approximate surface area is 127 Å². The lowest BCUT2D eigenvalue weighted by atomic mass is 9.85. The van der Waals surface area contributed by atoms with Crippen LogP contribution < -0.4 is 5.32 Å². The van der Waals surface area contributed by atoms with Crippen molar-refractivity contribution in [3.8, 4) is 0 Å². The molecule has 1 amide bonds. The first-order chi connectivity index (χ1) is 10.0. The summed E-state index contributed by atoms with van der Waals surface area (Å²) < 4.78 is 0. The molecule has 0 unspecified atom stereocenters. The molecule has 1 aliphatic rings. The number of rotatable bonds is 4. The van der Waals surface area contributed by atoms with E-state index >= 15 is 0 Å². The lowest BCUT2D eigenvalue weighted by Gasteiger charge is -2.30. The smallest absolute Gasteiger partial charge is 0.287 e. The van der Waals surface area contributed by atoms with E-state index in [1.54, 1.807) is 0 Å². The van der Waals surface area contributed by atoms with E-state index in [1.165, 1.54) is 18.2 Å². The van der Waals surface area contributed by atoms with E-state index in [-0.39, 0.29) is 40.7 Å². The molecule has 1 saturated carbocycles. The molecule has 0 bridgehead atoms. The molecule has 1 fully saturated rings. The van der Waals surface area contributed by atoms with E-state index in [4.69, 9.17) is 11.6 Å². The molecular formula is C14H17ClN2O4. The molecule has 0 aliphatic heterocycles. The summed E-state index contributed by atoms with van der Waals surface area (Å²) in [4.78, 5) is 22.3. The minimum atomic E-state index is -0.590. The molecule has 0 spiro atoms. The fourth-order valence-corrected chi connectivity index (χ4v) is 2.91. The summed E-state index contributed by atoms with van der Waals surface area (Å²) in [5, 5.41) is 22.9. The maximum Gasteiger partial charge on any atom is 0.287 e. The number of halogens is 1. The molecule has 0 radical (unpaired) electrons. The summed E-state index contributed by atoms with van der Waals surface area (Å²) in [5.41, 5.74) is 0.0620. The van der Waals surface area contributed by atoms with Crippen LogP contribution in [0.2, 0.25) is 5.02 Å². The number of nitrogens with one attached hydrogen (secondary N) is 1. The fourth-order valence-electron chi connectivity index (χ4n) is 2.66. The monoisotopic (exact) mass is 312 g/mol. The molecule has 21 heavy (non-hydrogen) atoms. The van der Waals surface area contributed by atoms with Gasteiger partial charge >= 0.3 is 0 Å². The molecule has 6 nitrogen and oxygen atoms in total. The average Bonchev–Trinajstić information content (AvgIpc) is 2.47. The largest absolute Gasteiger partial charge is 0.396 e. The average molecular weight is 313 g/mol. The Kier molecular flexibility index (Phi) is 5.14. The highest BCUT2D eigenvalue weighted by Gasteiger charge is 2.26. The van der Waals surface area contributed by atoms with E-state index < -0.39 is 4.92 Å². The standard InChI is InChI=1S/C14H17ClN2O4/c15-11-7-9(5-6-13(11)17(20)21)14(19)16-12-4-2-1-3-10(12)8-18/h5-7,10,12,18H,1-4,8H2,(H,16,19)/t10-,12+/m1/s1. The molecule has 0 heterocycles. The zero-order valence-corrected chi connectivity index (χ0v) is 12.2. The lowest BCUT2D eigenvalue weighted by Crippen LogP contribution is -2.43. The van der Waals surface area contributed by atoms with Gasteiger partial charge in [0.05, 0.1) is 4.92 Å². The maximum absolute atomic E-state index is 12.2. The lowest BCUT2D eigenvalue weighted by molar-refractivity contribution is -0.384. The van der Waals surface area contributed by atoms with E-state index in [9.17, 15) is 20.0 Å². The van der Waals surface area contributed by atoms with Crippen LogP contribution in [-0.4, -0.2) is 28.6 Å². The van der Waals surface area contributed by atoms with Crippen LogP contribution in [0.4, 0.5) is 5.69 Å². The summed E-state index contributed by atoms with van der Waals surface area (Å²) in [6.45, 7) is 0.0476. The van der Waals surface area contributed by atoms with Crippen molar-refractivity contribution in [1.82, 2.24) is 5.32 Å². The van der Waals surface area contributed by atoms with Crippen molar-refractivity contribution in [3.05, 3.63) is 38.9 Å². The number of hydrogen-bond donors (Lipinski definition) is 2. The van der Waals surface area contributed by atoms with Gasteiger partial charge in [0.15, 0.2) is 0 Å². The first-order valence-electron chi connectivity index (χ1n) is 6.88. The van der Waals surface area contributed by atoms with Gasteiger partial charge in [-0.1, -0.05) is 24.4 Å². The summed E-state index contributed by atoms with van der Waals surface area (Å²) in [6, 6.07) is 3.84. The third-order valence-corrected chi connectivity index (χ3v) is 4.17. The van der Waals surface area contributed by atoms with E-state index in [2.05, 4.69) is 5.32 Å². The van der Waals surface area contributed by atoms with Gasteiger partial charge in [-0.3, -0.25) is 14.9 Å². The third-order valence-electron chi connectivity index (χ3n) is 3.87. The SMILES string of the molecule is O=C(N[C@H]1CCCC[C@@H]1CO)c1ccc([N+](=O)[O-])c(Cl)c1. The van der Waals surface area contributed by atoms with Crippen molar-refractivity contribution in [3.63, 3.8) is 0 Å². The Morgan fingerprint density at radius 1 is 1.43 bits per heavy atom. The molecule has 0 saturated heterocycles. The zero-order chi connectivity index (χ0) is 15.4. The van der Waals surface area contributed by atoms with Gasteiger partial charge in [-0.05, 0) is 25.0 Å². The maximum atomic E-state index is 12.2. The van der Waals surface area contributed by atoms with Crippen molar-refractivity contribution in [2.75, 3.05) is 6.61 Å². The van der Waals surface area contributed by atoms with Crippen LogP contribution in [0.5, 0.6) is 0 Å². The third kappa shape index (κ3) is 3.71. The number of aliphatic hydroxyl groups excluding tert-OH is 1. The van der Waals surface area contributed by atoms with E-state index in [0.29, 0.717) is 0 Å². The Bertz CT molecular complexity index is 550. The second-order valence-corrected chi connectivity index (χ2v) is 5.64. The first-order valence-corrected chi connectivity index (χ1v) is 7.26. The molecule has 7 heteroatoms. The van der Waals surface area contributed by atoms with E-state index in [1.807, 2.05) is 0 Å². The number of benzene rings is 1. The first kappa shape index (κ1) is 15.7. The van der Waals surface area contributed by atoms with Crippen LogP contribution in [-0.2, 0) is 0 Å². The number of amides is 1. The van der Waals surface area contributed by atoms with Crippen molar-refractivity contribution in [1.29, 1.82) is 0 Å². The number of hydrogen-bond acceptors (Lipinski definition) is 4. The summed E-state index contributed by atoms with van der Waals surface area (Å²) in [5.74, 6) is -0.256. The van der Waals surface area contributed by atoms with Gasteiger partial charge in [0.2, 0.25) is 0 Å². The van der Waals surface area contributed by atoms with Gasteiger partial charge in [0.25, 0.3) is 11.6 Å². The number of nitro benzene ring substituents is 1. The molecule has 2 atom stereocenters. The summed E-state index contributed by atoms with van der Waals surface area (Å²) in [7, 11) is 0. The van der Waals surface area contributed by atoms with E-state index in [0.717, 1.165) is 25.7 Å². The Balaban J connectivity index is 2.09. The van der Waals surface area contributed by atoms with Crippen LogP contribution in [0, 0.1) is 16.0 Å². The molecule has 2 rings (SSSR count). The zero-order valence-electron chi connectivity index (χ0n) is 11.4. The van der Waals surface area contributed by atoms with Crippen LogP contribution in [0.1, 0.15) is 36.0 Å². The number of aliphatic hydroxyl groups is 1. The second-order valence-electron chi connectivity index (χ2n) is 5.23. The minimum absolute atomic E-state index is 0.0476. The quantitative estimate of drug-likeness (QED) is 0.660. The van der Waals surface area contributed by atoms with Gasteiger partial charge in [0, 0.05) is 30.2 Å². The van der Waals surface area contributed by atoms with Crippen molar-refractivity contribution < 1.29 is 14.8 Å². The number of nitro groups is 1. The highest BCUT2D eigenvalue weighted by atomic mass is 35.5. The fraction of sp³-hybridized carbons (Fsp3) is 0.500. The Hall–Kier alpha value is -1.66. The van der Waals surface area contributed by atoms with Crippen LogP contribution >= 0.6 is 11.6 Å². The van der Waals surface area contributed by atoms with Crippen molar-refractivity contribution in [2.45, 2.75) is 31.7 Å². The van der Waals surface area contributed by atoms with Gasteiger partial charge in [-0.15, -0.1) is 0 Å². The highest BCUT2D eigenvalue weighted by molar-refractivity contribution is 6.33. The number of nitrogens with zero attached hydrogens (tertiary/aromatic N) is 1. The molecule has 1 aromatic rings. The normalized spacial score (nSPS) is 21.8. The topological polar surface area (TPSA) is 92.5 Å². The number of carbonyl (C=O) groups excluding carboxylic acids is 1. The van der Waals surface area contributed by atoms with Crippen molar-refractivity contribution in [2.24, 2.45) is 5.92 Å². The van der Waals surface area contributed by atoms with Gasteiger partial charge in [-0.25, -0.2) is 0 Å². The van der Waals surface area contributed by atoms with Crippen LogP contribution in [0.25, 0.3) is 0 Å². The molecule has 1 aliphatic carbocycles. The summed E-state index contributed by atoms with van der Waals surface area (Å²) in [6.07, 6.45) is 3.80. The summed E-state index contributed by atoms with van der Waals surface area (Å²) >= 11 is 5.81. The van der Waals surface area contributed by atoms with Gasteiger partial charge in [0.1, 0.15) is 5.02 Å². The molecule has 2 N–H and O–H groups in total. The number of carbonyl (C=O) groups is 1. The highest BCUT2D eigenvalue weighted by Crippen LogP contribution is 2.26. The second kappa shape index (κ2) is 6.87. The van der Waals surface area contributed by atoms with Crippen molar-refractivity contribution >= 4 is 23.2 Å². The molecule has 1 aromatic carbocycles. The van der Waals surface area contributed by atoms with Crippen LogP contribution in [0.3, 0.4) is 0 Å². The predicted molar refractivity (Wildman–Crippen MR) is 78.4 cm³/mol. The molecular weight excluding hydrogens is 296 g/mol. The predicted octanol–water partition coefficient (Wildman–Crippen LogP) is 2.53. The van der Waals surface area contributed by atoms with Gasteiger partial charge < -0.3 is 10.4 Å². The molecule has 0 aromatic heterocycles. The minimum Gasteiger partial charge on any atom is -0.396 e. The van der Waals surface area contributed by atoms with Crippen LogP contribution in [0.15, 0.2) is 18.2 Å².